The van der Waals surface area contributed by atoms with Crippen LogP contribution in [0.25, 0.3) is 0 Å². The van der Waals surface area contributed by atoms with Crippen LogP contribution < -0.4 is 10.6 Å². The SMILES string of the molecule is C/C=C\C(=C/CC)[C@H](C)Nc1nccc(C(=O)N2CC[C@@H](OC)C2)n1.O=CNc1ccccc1. The average Bonchev–Trinajstić information content (AvgIpc) is 3.34. The molecule has 1 aliphatic rings. The highest BCUT2D eigenvalue weighted by Gasteiger charge is 2.27. The molecule has 0 radical (unpaired) electrons. The Morgan fingerprint density at radius 1 is 1.29 bits per heavy atom. The van der Waals surface area contributed by atoms with Gasteiger partial charge in [-0.3, -0.25) is 9.59 Å². The van der Waals surface area contributed by atoms with E-state index >= 15 is 0 Å². The van der Waals surface area contributed by atoms with Gasteiger partial charge in [-0.1, -0.05) is 43.4 Å². The van der Waals surface area contributed by atoms with Gasteiger partial charge in [0.05, 0.1) is 12.1 Å². The van der Waals surface area contributed by atoms with Crippen molar-refractivity contribution in [2.75, 3.05) is 30.8 Å². The second kappa shape index (κ2) is 14.6. The molecule has 2 amide bonds. The molecule has 0 unspecified atom stereocenters. The number of allylic oxidation sites excluding steroid dienone is 2. The molecule has 2 heterocycles. The zero-order valence-electron chi connectivity index (χ0n) is 20.4. The van der Waals surface area contributed by atoms with E-state index in [2.05, 4.69) is 46.6 Å². The number of benzene rings is 1. The molecule has 1 aromatic heterocycles. The van der Waals surface area contributed by atoms with Crippen molar-refractivity contribution in [1.29, 1.82) is 0 Å². The highest BCUT2D eigenvalue weighted by atomic mass is 16.5. The van der Waals surface area contributed by atoms with E-state index in [1.54, 1.807) is 24.3 Å². The Balaban J connectivity index is 0.000000379. The third-order valence-corrected chi connectivity index (χ3v) is 5.28. The first kappa shape index (κ1) is 26.7. The molecule has 2 atom stereocenters. The molecule has 8 nitrogen and oxygen atoms in total. The molecule has 1 fully saturated rings. The van der Waals surface area contributed by atoms with Crippen molar-refractivity contribution in [3.8, 4) is 0 Å². The Hall–Kier alpha value is -3.52. The van der Waals surface area contributed by atoms with E-state index in [0.717, 1.165) is 18.5 Å². The molecule has 0 bridgehead atoms. The summed E-state index contributed by atoms with van der Waals surface area (Å²) in [5, 5.41) is 5.81. The van der Waals surface area contributed by atoms with E-state index in [-0.39, 0.29) is 18.1 Å². The number of anilines is 2. The highest BCUT2D eigenvalue weighted by Crippen LogP contribution is 2.16. The Kier molecular flexibility index (Phi) is 11.5. The lowest BCUT2D eigenvalue weighted by molar-refractivity contribution is -0.105. The number of nitrogens with zero attached hydrogens (tertiary/aromatic N) is 3. The summed E-state index contributed by atoms with van der Waals surface area (Å²) in [6, 6.07) is 11.0. The lowest BCUT2D eigenvalue weighted by Gasteiger charge is -2.18. The van der Waals surface area contributed by atoms with Crippen molar-refractivity contribution in [2.24, 2.45) is 0 Å². The third-order valence-electron chi connectivity index (χ3n) is 5.28. The summed E-state index contributed by atoms with van der Waals surface area (Å²) in [5.74, 6) is 0.391. The van der Waals surface area contributed by atoms with Gasteiger partial charge in [-0.05, 0) is 50.5 Å². The number of likely N-dealkylation sites (tertiary alicyclic amines) is 1. The van der Waals surface area contributed by atoms with Crippen LogP contribution in [0.1, 0.15) is 44.1 Å². The number of amides is 2. The fourth-order valence-electron chi connectivity index (χ4n) is 3.51. The van der Waals surface area contributed by atoms with E-state index in [4.69, 9.17) is 4.74 Å². The summed E-state index contributed by atoms with van der Waals surface area (Å²) in [7, 11) is 1.68. The topological polar surface area (TPSA) is 96.5 Å². The molecule has 1 aliphatic heterocycles. The van der Waals surface area contributed by atoms with E-state index in [1.807, 2.05) is 43.3 Å². The molecular formula is C26H35N5O3. The number of carbonyl (C=O) groups is 2. The van der Waals surface area contributed by atoms with E-state index in [9.17, 15) is 9.59 Å². The maximum absolute atomic E-state index is 12.6. The van der Waals surface area contributed by atoms with Gasteiger partial charge in [-0.15, -0.1) is 0 Å². The maximum atomic E-state index is 12.6. The van der Waals surface area contributed by atoms with Crippen molar-refractivity contribution in [3.63, 3.8) is 0 Å². The molecule has 0 aliphatic carbocycles. The monoisotopic (exact) mass is 465 g/mol. The van der Waals surface area contributed by atoms with Crippen molar-refractivity contribution in [3.05, 3.63) is 72.1 Å². The number of ether oxygens (including phenoxy) is 1. The molecule has 2 N–H and O–H groups in total. The van der Waals surface area contributed by atoms with Crippen LogP contribution in [-0.2, 0) is 9.53 Å². The van der Waals surface area contributed by atoms with Crippen molar-refractivity contribution >= 4 is 24.0 Å². The van der Waals surface area contributed by atoms with Crippen LogP contribution in [-0.4, -0.2) is 59.5 Å². The van der Waals surface area contributed by atoms with Gasteiger partial charge >= 0.3 is 0 Å². The molecule has 182 valence electrons. The zero-order chi connectivity index (χ0) is 24.8. The molecule has 2 aromatic rings. The van der Waals surface area contributed by atoms with Gasteiger partial charge in [0.25, 0.3) is 5.91 Å². The maximum Gasteiger partial charge on any atom is 0.272 e. The molecule has 1 aromatic carbocycles. The van der Waals surface area contributed by atoms with Crippen molar-refractivity contribution in [1.82, 2.24) is 14.9 Å². The van der Waals surface area contributed by atoms with Crippen LogP contribution in [0.5, 0.6) is 0 Å². The number of nitrogens with one attached hydrogen (secondary N) is 2. The fourth-order valence-corrected chi connectivity index (χ4v) is 3.51. The highest BCUT2D eigenvalue weighted by molar-refractivity contribution is 5.92. The quantitative estimate of drug-likeness (QED) is 0.423. The van der Waals surface area contributed by atoms with Gasteiger partial charge in [-0.25, -0.2) is 9.97 Å². The van der Waals surface area contributed by atoms with E-state index in [0.29, 0.717) is 31.1 Å². The summed E-state index contributed by atoms with van der Waals surface area (Å²) in [6.07, 6.45) is 10.5. The summed E-state index contributed by atoms with van der Waals surface area (Å²) in [4.78, 5) is 32.9. The van der Waals surface area contributed by atoms with Crippen LogP contribution in [0.4, 0.5) is 11.6 Å². The van der Waals surface area contributed by atoms with Crippen LogP contribution in [0.2, 0.25) is 0 Å². The Morgan fingerprint density at radius 2 is 2.06 bits per heavy atom. The van der Waals surface area contributed by atoms with E-state index in [1.165, 1.54) is 5.57 Å². The Morgan fingerprint density at radius 3 is 2.68 bits per heavy atom. The molecule has 3 rings (SSSR count). The third kappa shape index (κ3) is 8.44. The minimum atomic E-state index is -0.0737. The second-order valence-electron chi connectivity index (χ2n) is 7.77. The number of hydrogen-bond donors (Lipinski definition) is 2. The molecule has 0 spiro atoms. The smallest absolute Gasteiger partial charge is 0.272 e. The predicted octanol–water partition coefficient (Wildman–Crippen LogP) is 4.31. The zero-order valence-corrected chi connectivity index (χ0v) is 20.4. The molecule has 34 heavy (non-hydrogen) atoms. The average molecular weight is 466 g/mol. The Labute approximate surface area is 202 Å². The van der Waals surface area contributed by atoms with Crippen LogP contribution >= 0.6 is 0 Å². The van der Waals surface area contributed by atoms with Gasteiger partial charge in [0.2, 0.25) is 12.4 Å². The molecular weight excluding hydrogens is 430 g/mol. The second-order valence-corrected chi connectivity index (χ2v) is 7.77. The summed E-state index contributed by atoms with van der Waals surface area (Å²) >= 11 is 0. The molecule has 0 saturated carbocycles. The van der Waals surface area contributed by atoms with E-state index < -0.39 is 0 Å². The summed E-state index contributed by atoms with van der Waals surface area (Å²) in [6.45, 7) is 7.47. The number of carbonyl (C=O) groups excluding carboxylic acids is 2. The number of methoxy groups -OCH3 is 1. The van der Waals surface area contributed by atoms with Crippen LogP contribution in [0, 0.1) is 0 Å². The minimum Gasteiger partial charge on any atom is -0.380 e. The molecule has 1 saturated heterocycles. The summed E-state index contributed by atoms with van der Waals surface area (Å²) < 4.78 is 5.32. The number of aromatic nitrogens is 2. The predicted molar refractivity (Wildman–Crippen MR) is 136 cm³/mol. The first-order valence-electron chi connectivity index (χ1n) is 11.5. The van der Waals surface area contributed by atoms with Gasteiger partial charge in [-0.2, -0.15) is 0 Å². The van der Waals surface area contributed by atoms with Crippen molar-refractivity contribution < 1.29 is 14.3 Å². The first-order chi connectivity index (χ1) is 16.5. The summed E-state index contributed by atoms with van der Waals surface area (Å²) in [5.41, 5.74) is 2.41. The van der Waals surface area contributed by atoms with Gasteiger partial charge in [0.15, 0.2) is 0 Å². The number of rotatable bonds is 9. The standard InChI is InChI=1S/C19H28N4O2.C7H7NO/c1-5-7-15(8-6-2)14(3)21-19-20-11-9-17(22-19)18(24)23-12-10-16(13-23)25-4;9-6-8-7-4-2-1-3-5-7/h5,7-9,11,14,16H,6,10,12-13H2,1-4H3,(H,20,21,22);1-6H,(H,8,9)/b7-5-,15-8+;/t14-,16+;/m0./s1. The lowest BCUT2D eigenvalue weighted by atomic mass is 10.1. The van der Waals surface area contributed by atoms with Crippen LogP contribution in [0.3, 0.4) is 0 Å². The van der Waals surface area contributed by atoms with Gasteiger partial charge < -0.3 is 20.3 Å². The normalized spacial score (nSPS) is 16.5. The number of hydrogen-bond acceptors (Lipinski definition) is 6. The first-order valence-corrected chi connectivity index (χ1v) is 11.5. The van der Waals surface area contributed by atoms with Gasteiger partial charge in [0, 0.05) is 32.1 Å². The minimum absolute atomic E-state index is 0.0613. The van der Waals surface area contributed by atoms with Crippen LogP contribution in [0.15, 0.2) is 66.4 Å². The fraction of sp³-hybridized carbons (Fsp3) is 0.385. The largest absolute Gasteiger partial charge is 0.380 e. The number of para-hydroxylation sites is 1. The van der Waals surface area contributed by atoms with Crippen molar-refractivity contribution in [2.45, 2.75) is 45.8 Å². The van der Waals surface area contributed by atoms with Gasteiger partial charge in [0.1, 0.15) is 5.69 Å². The Bertz CT molecular complexity index is 962. The molecule has 8 heteroatoms. The lowest BCUT2D eigenvalue weighted by Crippen LogP contribution is -2.31.